The van der Waals surface area contributed by atoms with Gasteiger partial charge in [-0.1, -0.05) is 38.8 Å². The summed E-state index contributed by atoms with van der Waals surface area (Å²) in [6.07, 6.45) is 3.88. The molecule has 0 radical (unpaired) electrons. The lowest BCUT2D eigenvalue weighted by atomic mass is 9.92. The molecule has 6 heteroatoms. The highest BCUT2D eigenvalue weighted by atomic mass is 32.2. The van der Waals surface area contributed by atoms with Crippen molar-refractivity contribution in [3.05, 3.63) is 35.4 Å². The van der Waals surface area contributed by atoms with E-state index in [2.05, 4.69) is 24.1 Å². The first-order valence-electron chi connectivity index (χ1n) is 9.54. The van der Waals surface area contributed by atoms with Gasteiger partial charge in [0.2, 0.25) is 0 Å². The van der Waals surface area contributed by atoms with E-state index in [1.807, 2.05) is 24.3 Å². The van der Waals surface area contributed by atoms with Crippen molar-refractivity contribution in [3.63, 3.8) is 0 Å². The van der Waals surface area contributed by atoms with Gasteiger partial charge in [-0.15, -0.1) is 0 Å². The maximum atomic E-state index is 12.6. The first-order valence-corrected chi connectivity index (χ1v) is 11.3. The Hall–Kier alpha value is -1.24. The highest BCUT2D eigenvalue weighted by molar-refractivity contribution is 7.83. The lowest BCUT2D eigenvalue weighted by Crippen LogP contribution is -2.52. The first kappa shape index (κ1) is 21.1. The molecule has 0 spiro atoms. The van der Waals surface area contributed by atoms with Crippen molar-refractivity contribution in [1.29, 1.82) is 0 Å². The number of ether oxygens (including phenoxy) is 1. The Balaban J connectivity index is 2.02. The Bertz CT molecular complexity index is 598. The number of hydrogen-bond acceptors (Lipinski definition) is 4. The summed E-state index contributed by atoms with van der Waals surface area (Å²) in [5.41, 5.74) is 1.57. The summed E-state index contributed by atoms with van der Waals surface area (Å²) in [6, 6.07) is 7.77. The largest absolute Gasteiger partial charge is 0.379 e. The van der Waals surface area contributed by atoms with Gasteiger partial charge in [0.05, 0.1) is 13.2 Å². The summed E-state index contributed by atoms with van der Waals surface area (Å²) in [7, 11) is -0.911. The zero-order valence-electron chi connectivity index (χ0n) is 16.2. The SMILES string of the molecule is CCC(CC)C(CNC(=O)c1cccc(CS(C)=O)c1)N1CCOCC1. The van der Waals surface area contributed by atoms with Crippen molar-refractivity contribution in [1.82, 2.24) is 10.2 Å². The standard InChI is InChI=1S/C20H32N2O3S/c1-4-17(5-2)19(22-9-11-25-12-10-22)14-21-20(23)18-8-6-7-16(13-18)15-26(3)24/h6-8,13,17,19H,4-5,9-12,14-15H2,1-3H3,(H,21,23). The quantitative estimate of drug-likeness (QED) is 0.715. The molecule has 0 bridgehead atoms. The molecule has 1 fully saturated rings. The number of carbonyl (C=O) groups excluding carboxylic acids is 1. The molecule has 1 aromatic carbocycles. The molecule has 2 unspecified atom stereocenters. The van der Waals surface area contributed by atoms with Crippen LogP contribution in [0.2, 0.25) is 0 Å². The monoisotopic (exact) mass is 380 g/mol. The van der Waals surface area contributed by atoms with Gasteiger partial charge in [0, 0.05) is 54.0 Å². The molecule has 1 aromatic rings. The van der Waals surface area contributed by atoms with Crippen molar-refractivity contribution in [3.8, 4) is 0 Å². The fourth-order valence-electron chi connectivity index (χ4n) is 3.67. The van der Waals surface area contributed by atoms with E-state index in [4.69, 9.17) is 4.74 Å². The molecule has 1 amide bonds. The van der Waals surface area contributed by atoms with Gasteiger partial charge in [-0.25, -0.2) is 0 Å². The number of nitrogens with one attached hydrogen (secondary N) is 1. The van der Waals surface area contributed by atoms with Gasteiger partial charge < -0.3 is 10.1 Å². The Kier molecular flexibility index (Phi) is 8.75. The van der Waals surface area contributed by atoms with E-state index in [1.54, 1.807) is 6.26 Å². The molecule has 1 aliphatic rings. The topological polar surface area (TPSA) is 58.6 Å². The minimum Gasteiger partial charge on any atom is -0.379 e. The summed E-state index contributed by atoms with van der Waals surface area (Å²) >= 11 is 0. The van der Waals surface area contributed by atoms with Gasteiger partial charge in [-0.3, -0.25) is 13.9 Å². The molecule has 146 valence electrons. The fourth-order valence-corrected chi connectivity index (χ4v) is 4.32. The molecule has 26 heavy (non-hydrogen) atoms. The second-order valence-electron chi connectivity index (χ2n) is 6.92. The summed E-state index contributed by atoms with van der Waals surface area (Å²) < 4.78 is 16.9. The van der Waals surface area contributed by atoms with Crippen molar-refractivity contribution in [2.24, 2.45) is 5.92 Å². The summed E-state index contributed by atoms with van der Waals surface area (Å²) in [5.74, 6) is 0.978. The number of rotatable bonds is 9. The molecular weight excluding hydrogens is 348 g/mol. The van der Waals surface area contributed by atoms with Gasteiger partial charge in [-0.2, -0.15) is 0 Å². The van der Waals surface area contributed by atoms with Crippen molar-refractivity contribution >= 4 is 16.7 Å². The Labute approximate surface area is 159 Å². The van der Waals surface area contributed by atoms with Crippen LogP contribution in [-0.2, 0) is 21.3 Å². The number of nitrogens with zero attached hydrogens (tertiary/aromatic N) is 1. The lowest BCUT2D eigenvalue weighted by molar-refractivity contribution is 0.00191. The summed E-state index contributed by atoms with van der Waals surface area (Å²) in [4.78, 5) is 15.1. The van der Waals surface area contributed by atoms with E-state index in [9.17, 15) is 9.00 Å². The van der Waals surface area contributed by atoms with E-state index in [0.29, 0.717) is 29.8 Å². The van der Waals surface area contributed by atoms with Gasteiger partial charge in [0.15, 0.2) is 0 Å². The predicted molar refractivity (Wildman–Crippen MR) is 107 cm³/mol. The molecule has 0 saturated carbocycles. The molecule has 1 heterocycles. The van der Waals surface area contributed by atoms with Crippen molar-refractivity contribution in [2.75, 3.05) is 39.1 Å². The second kappa shape index (κ2) is 10.8. The number of benzene rings is 1. The molecule has 1 aliphatic heterocycles. The fraction of sp³-hybridized carbons (Fsp3) is 0.650. The minimum absolute atomic E-state index is 0.0575. The van der Waals surface area contributed by atoms with Crippen LogP contribution in [-0.4, -0.2) is 60.2 Å². The maximum absolute atomic E-state index is 12.6. The predicted octanol–water partition coefficient (Wildman–Crippen LogP) is 2.43. The van der Waals surface area contributed by atoms with Gasteiger partial charge in [-0.05, 0) is 23.6 Å². The van der Waals surface area contributed by atoms with E-state index in [1.165, 1.54) is 0 Å². The minimum atomic E-state index is -0.911. The number of amides is 1. The Morgan fingerprint density at radius 2 is 1.96 bits per heavy atom. The van der Waals surface area contributed by atoms with Gasteiger partial charge >= 0.3 is 0 Å². The Morgan fingerprint density at radius 1 is 1.27 bits per heavy atom. The average Bonchev–Trinajstić information content (AvgIpc) is 2.65. The van der Waals surface area contributed by atoms with Crippen LogP contribution in [0.25, 0.3) is 0 Å². The highest BCUT2D eigenvalue weighted by Gasteiger charge is 2.27. The highest BCUT2D eigenvalue weighted by Crippen LogP contribution is 2.20. The molecule has 0 aromatic heterocycles. The molecule has 2 rings (SSSR count). The molecule has 0 aliphatic carbocycles. The third-order valence-corrected chi connectivity index (χ3v) is 5.88. The van der Waals surface area contributed by atoms with Crippen LogP contribution in [0, 0.1) is 5.92 Å². The zero-order chi connectivity index (χ0) is 18.9. The Morgan fingerprint density at radius 3 is 2.58 bits per heavy atom. The van der Waals surface area contributed by atoms with E-state index < -0.39 is 10.8 Å². The normalized spacial score (nSPS) is 17.8. The van der Waals surface area contributed by atoms with Crippen molar-refractivity contribution in [2.45, 2.75) is 38.5 Å². The smallest absolute Gasteiger partial charge is 0.251 e. The number of carbonyl (C=O) groups is 1. The van der Waals surface area contributed by atoms with Crippen LogP contribution in [0.5, 0.6) is 0 Å². The molecular formula is C20H32N2O3S. The maximum Gasteiger partial charge on any atom is 0.251 e. The van der Waals surface area contributed by atoms with E-state index in [-0.39, 0.29) is 5.91 Å². The zero-order valence-corrected chi connectivity index (χ0v) is 17.0. The number of morpholine rings is 1. The average molecular weight is 381 g/mol. The number of hydrogen-bond donors (Lipinski definition) is 1. The van der Waals surface area contributed by atoms with Crippen LogP contribution >= 0.6 is 0 Å². The van der Waals surface area contributed by atoms with E-state index in [0.717, 1.165) is 44.7 Å². The van der Waals surface area contributed by atoms with Gasteiger partial charge in [0.1, 0.15) is 0 Å². The van der Waals surface area contributed by atoms with Crippen LogP contribution in [0.4, 0.5) is 0 Å². The van der Waals surface area contributed by atoms with Crippen LogP contribution in [0.3, 0.4) is 0 Å². The first-order chi connectivity index (χ1) is 12.5. The van der Waals surface area contributed by atoms with Crippen LogP contribution < -0.4 is 5.32 Å². The molecule has 5 nitrogen and oxygen atoms in total. The third-order valence-electron chi connectivity index (χ3n) is 5.14. The lowest BCUT2D eigenvalue weighted by Gasteiger charge is -2.38. The molecule has 1 N–H and O–H groups in total. The molecule has 1 saturated heterocycles. The van der Waals surface area contributed by atoms with Gasteiger partial charge in [0.25, 0.3) is 5.91 Å². The van der Waals surface area contributed by atoms with Crippen LogP contribution in [0.15, 0.2) is 24.3 Å². The van der Waals surface area contributed by atoms with E-state index >= 15 is 0 Å². The van der Waals surface area contributed by atoms with Crippen molar-refractivity contribution < 1.29 is 13.7 Å². The summed E-state index contributed by atoms with van der Waals surface area (Å²) in [6.45, 7) is 8.47. The second-order valence-corrected chi connectivity index (χ2v) is 8.36. The third kappa shape index (κ3) is 6.18. The van der Waals surface area contributed by atoms with Crippen LogP contribution in [0.1, 0.15) is 42.6 Å². The summed E-state index contributed by atoms with van der Waals surface area (Å²) in [5, 5.41) is 3.13. The molecule has 2 atom stereocenters.